The average molecular weight is 1460 g/mol. The smallest absolute Gasteiger partial charge is 0.194 e. The Morgan fingerprint density at radius 1 is 0.223 bits per heavy atom. The van der Waals surface area contributed by atoms with Crippen LogP contribution < -0.4 is 0 Å². The van der Waals surface area contributed by atoms with Gasteiger partial charge >= 0.3 is 0 Å². The Bertz CT molecular complexity index is 3080. The van der Waals surface area contributed by atoms with E-state index in [0.29, 0.717) is 79.7 Å². The minimum Gasteiger partial charge on any atom is -0.289 e. The van der Waals surface area contributed by atoms with Crippen LogP contribution in [-0.2, 0) is 37.9 Å². The van der Waals surface area contributed by atoms with Crippen molar-refractivity contribution in [1.29, 1.82) is 0 Å². The van der Waals surface area contributed by atoms with Crippen LogP contribution in [0.4, 0.5) is 0 Å². The predicted octanol–water partition coefficient (Wildman–Crippen LogP) is 30.9. The molecule has 6 heteroatoms. The third-order valence-electron chi connectivity index (χ3n) is 16.7. The first-order valence-corrected chi connectivity index (χ1v) is 37.6. The highest BCUT2D eigenvalue weighted by Crippen LogP contribution is 2.50. The minimum absolute atomic E-state index is 0. The standard InChI is InChI=1S/2C22H24O2.C18H30.C13H28.2C8H18S.6CH4/c2*1-21(2,3)15-11-7-9-13-17(15)19(23)14-10-8-12-16(22(4,5)6)18(14)20(13)24;1-16(2,3)13-10-14(17(4,5)6)12-15(11-13)18(7,8)9;1-11(2,3)10(12(4,5)6)13(7,8)9;2*1-7(2,3)9-8(4,5)6;;;;;;/h2*7-12H,1-6H3;10-12H,1-9H3;10H,1-9H3;2*1-6H3;6*1H4. The summed E-state index contributed by atoms with van der Waals surface area (Å²) in [5.74, 6) is 0.604. The summed E-state index contributed by atoms with van der Waals surface area (Å²) in [6.07, 6.45) is 0. The molecule has 0 aromatic heterocycles. The molecule has 4 nitrogen and oxygen atoms in total. The van der Waals surface area contributed by atoms with Gasteiger partial charge < -0.3 is 0 Å². The van der Waals surface area contributed by atoms with E-state index in [1.807, 2.05) is 72.1 Å². The Labute approximate surface area is 650 Å². The van der Waals surface area contributed by atoms with E-state index in [-0.39, 0.29) is 106 Å². The van der Waals surface area contributed by atoms with Gasteiger partial charge in [-0.1, -0.05) is 426 Å². The number of thioether (sulfide) groups is 2. The Hall–Kier alpha value is -4.52. The first kappa shape index (κ1) is 107. The molecule has 0 bridgehead atoms. The lowest BCUT2D eigenvalue weighted by Crippen LogP contribution is -2.41. The Kier molecular flexibility index (Phi) is 38.5. The highest BCUT2D eigenvalue weighted by Gasteiger charge is 2.43. The topological polar surface area (TPSA) is 68.3 Å². The molecule has 5 aromatic rings. The third-order valence-corrected chi connectivity index (χ3v) is 19.2. The lowest BCUT2D eigenvalue weighted by Gasteiger charge is -2.49. The van der Waals surface area contributed by atoms with E-state index in [0.717, 1.165) is 28.2 Å². The van der Waals surface area contributed by atoms with Gasteiger partial charge in [0.15, 0.2) is 23.1 Å². The van der Waals surface area contributed by atoms with Crippen molar-refractivity contribution in [2.75, 3.05) is 0 Å². The molecule has 590 valence electrons. The first-order valence-electron chi connectivity index (χ1n) is 36.0. The number of ketones is 4. The van der Waals surface area contributed by atoms with Gasteiger partial charge in [0.1, 0.15) is 0 Å². The molecule has 2 aliphatic rings. The van der Waals surface area contributed by atoms with Gasteiger partial charge in [-0.2, -0.15) is 23.5 Å². The fourth-order valence-electron chi connectivity index (χ4n) is 14.6. The maximum absolute atomic E-state index is 13.2. The average Bonchev–Trinajstić information content (AvgIpc) is 0.737. The molecule has 0 atom stereocenters. The van der Waals surface area contributed by atoms with Crippen LogP contribution in [0.15, 0.2) is 91.0 Å². The van der Waals surface area contributed by atoms with Crippen molar-refractivity contribution < 1.29 is 19.2 Å². The van der Waals surface area contributed by atoms with Gasteiger partial charge in [-0.05, 0) is 99.0 Å². The second kappa shape index (κ2) is 37.1. The van der Waals surface area contributed by atoms with E-state index in [1.54, 1.807) is 24.3 Å². The van der Waals surface area contributed by atoms with Crippen molar-refractivity contribution >= 4 is 46.7 Å². The van der Waals surface area contributed by atoms with Crippen molar-refractivity contribution in [2.45, 2.75) is 392 Å². The summed E-state index contributed by atoms with van der Waals surface area (Å²) in [5, 5.41) is 0. The summed E-state index contributed by atoms with van der Waals surface area (Å²) < 4.78 is 1.60. The molecule has 0 unspecified atom stereocenters. The lowest BCUT2D eigenvalue weighted by atomic mass is 9.56. The minimum atomic E-state index is -0.194. The van der Waals surface area contributed by atoms with Crippen LogP contribution in [0.25, 0.3) is 0 Å². The van der Waals surface area contributed by atoms with Crippen molar-refractivity contribution in [3.05, 3.63) is 174 Å². The highest BCUT2D eigenvalue weighted by atomic mass is 32.2. The number of hydrogen-bond donors (Lipinski definition) is 0. The molecule has 7 rings (SSSR count). The molecule has 0 heterocycles. The van der Waals surface area contributed by atoms with Gasteiger partial charge in [-0.15, -0.1) is 0 Å². The molecule has 0 spiro atoms. The van der Waals surface area contributed by atoms with Crippen molar-refractivity contribution in [1.82, 2.24) is 0 Å². The number of hydrogen-bond acceptors (Lipinski definition) is 6. The number of rotatable bonds is 0. The fraction of sp³-hybridized carbons (Fsp3) is 0.649. The van der Waals surface area contributed by atoms with Gasteiger partial charge in [0.25, 0.3) is 0 Å². The predicted molar refractivity (Wildman–Crippen MR) is 473 cm³/mol. The van der Waals surface area contributed by atoms with Crippen LogP contribution in [-0.4, -0.2) is 42.1 Å². The van der Waals surface area contributed by atoms with Gasteiger partial charge in [0.05, 0.1) is 0 Å². The SMILES string of the molecule is C.C.C.C.C.C.CC(C)(C)C(C(C)(C)C)C(C)(C)C.CC(C)(C)SC(C)(C)C.CC(C)(C)SC(C)(C)C.CC(C)(C)c1cc(C(C)(C)C)cc(C(C)(C)C)c1.CC(C)(C)c1cccc2c1C(=O)c1cccc(C(C)(C)C)c1C2=O.CC(C)(C)c1cccc2c1C(=O)c1cccc(C(C)(C)C)c1C2=O. The lowest BCUT2D eigenvalue weighted by molar-refractivity contribution is 0.00268. The van der Waals surface area contributed by atoms with E-state index in [9.17, 15) is 19.2 Å². The molecule has 0 N–H and O–H groups in total. The molecule has 0 saturated heterocycles. The zero-order valence-corrected chi connectivity index (χ0v) is 71.8. The molecule has 0 amide bonds. The number of carbonyl (C=O) groups is 4. The summed E-state index contributed by atoms with van der Waals surface area (Å²) in [4.78, 5) is 53.0. The molecular weight excluding hydrogens is 1290 g/mol. The molecule has 0 fully saturated rings. The third kappa shape index (κ3) is 31.7. The zero-order chi connectivity index (χ0) is 76.6. The normalized spacial score (nSPS) is 13.5. The quantitative estimate of drug-likeness (QED) is 0.151. The van der Waals surface area contributed by atoms with Gasteiger partial charge in [0, 0.05) is 63.5 Å². The summed E-state index contributed by atoms with van der Waals surface area (Å²) in [6.45, 7) is 93.7. The molecule has 0 aliphatic heterocycles. The Balaban J connectivity index is -0.000000383. The first-order chi connectivity index (χ1) is 42.7. The largest absolute Gasteiger partial charge is 0.289 e. The van der Waals surface area contributed by atoms with Crippen LogP contribution in [0.3, 0.4) is 0 Å². The van der Waals surface area contributed by atoms with E-state index >= 15 is 0 Å². The second-order valence-electron chi connectivity index (χ2n) is 42.0. The van der Waals surface area contributed by atoms with E-state index in [1.165, 1.54) is 16.7 Å². The molecule has 0 saturated carbocycles. The Morgan fingerprint density at radius 3 is 0.456 bits per heavy atom. The number of benzene rings is 5. The summed E-state index contributed by atoms with van der Waals surface area (Å²) in [5.41, 5.74) is 13.5. The van der Waals surface area contributed by atoms with Crippen molar-refractivity contribution in [3.63, 3.8) is 0 Å². The van der Waals surface area contributed by atoms with E-state index in [2.05, 4.69) is 309 Å². The van der Waals surface area contributed by atoms with Crippen molar-refractivity contribution in [3.8, 4) is 0 Å². The molecular formula is C97H166O4S2. The number of fused-ring (bicyclic) bond motifs is 4. The van der Waals surface area contributed by atoms with E-state index < -0.39 is 0 Å². The summed E-state index contributed by atoms with van der Waals surface area (Å²) in [7, 11) is 0. The molecule has 103 heavy (non-hydrogen) atoms. The maximum Gasteiger partial charge on any atom is 0.194 e. The molecule has 0 radical (unpaired) electrons. The fourth-order valence-corrected chi connectivity index (χ4v) is 18.3. The number of carbonyl (C=O) groups excluding carboxylic acids is 4. The zero-order valence-electron chi connectivity index (χ0n) is 70.2. The van der Waals surface area contributed by atoms with Crippen LogP contribution in [0.5, 0.6) is 0 Å². The van der Waals surface area contributed by atoms with Crippen molar-refractivity contribution in [2.24, 2.45) is 22.2 Å². The van der Waals surface area contributed by atoms with Crippen LogP contribution in [0.2, 0.25) is 0 Å². The van der Waals surface area contributed by atoms with E-state index in [4.69, 9.17) is 0 Å². The van der Waals surface area contributed by atoms with Crippen LogP contribution in [0, 0.1) is 22.2 Å². The summed E-state index contributed by atoms with van der Waals surface area (Å²) in [6, 6.07) is 29.7. The highest BCUT2D eigenvalue weighted by molar-refractivity contribution is 8.02. The van der Waals surface area contributed by atoms with Gasteiger partial charge in [-0.25, -0.2) is 0 Å². The second-order valence-corrected chi connectivity index (χ2v) is 47.3. The summed E-state index contributed by atoms with van der Waals surface area (Å²) >= 11 is 4.03. The maximum atomic E-state index is 13.2. The van der Waals surface area contributed by atoms with Gasteiger partial charge in [-0.3, -0.25) is 19.2 Å². The van der Waals surface area contributed by atoms with Crippen LogP contribution >= 0.6 is 23.5 Å². The molecule has 5 aromatic carbocycles. The Morgan fingerprint density at radius 2 is 0.369 bits per heavy atom. The van der Waals surface area contributed by atoms with Crippen LogP contribution in [0.1, 0.15) is 438 Å². The molecule has 2 aliphatic carbocycles. The van der Waals surface area contributed by atoms with Gasteiger partial charge in [0.2, 0.25) is 0 Å². The monoisotopic (exact) mass is 1460 g/mol.